The summed E-state index contributed by atoms with van der Waals surface area (Å²) in [4.78, 5) is 2.74. The number of rotatable bonds is 5. The van der Waals surface area contributed by atoms with Crippen molar-refractivity contribution in [2.24, 2.45) is 5.92 Å². The molecule has 98 valence electrons. The second kappa shape index (κ2) is 7.17. The van der Waals surface area contributed by atoms with Crippen molar-refractivity contribution in [2.75, 3.05) is 26.2 Å². The number of hydrogen-bond donors (Lipinski definition) is 1. The SMILES string of the molecule is CCCN(CC1CCNCC1)C1C=CCCC1. The van der Waals surface area contributed by atoms with Gasteiger partial charge in [0.2, 0.25) is 0 Å². The van der Waals surface area contributed by atoms with E-state index in [-0.39, 0.29) is 0 Å². The Morgan fingerprint density at radius 1 is 1.24 bits per heavy atom. The van der Waals surface area contributed by atoms with Crippen LogP contribution in [0.3, 0.4) is 0 Å². The Bertz CT molecular complexity index is 231. The van der Waals surface area contributed by atoms with Crippen LogP contribution >= 0.6 is 0 Å². The lowest BCUT2D eigenvalue weighted by molar-refractivity contribution is 0.165. The van der Waals surface area contributed by atoms with Gasteiger partial charge < -0.3 is 5.32 Å². The minimum atomic E-state index is 0.735. The summed E-state index contributed by atoms with van der Waals surface area (Å²) in [5, 5.41) is 3.47. The third kappa shape index (κ3) is 4.11. The summed E-state index contributed by atoms with van der Waals surface area (Å²) >= 11 is 0. The van der Waals surface area contributed by atoms with E-state index in [9.17, 15) is 0 Å². The third-order valence-electron chi connectivity index (χ3n) is 4.16. The van der Waals surface area contributed by atoms with Crippen LogP contribution in [0.5, 0.6) is 0 Å². The van der Waals surface area contributed by atoms with E-state index in [4.69, 9.17) is 0 Å². The van der Waals surface area contributed by atoms with Gasteiger partial charge >= 0.3 is 0 Å². The molecule has 0 aromatic heterocycles. The summed E-state index contributed by atoms with van der Waals surface area (Å²) in [7, 11) is 0. The number of hydrogen-bond acceptors (Lipinski definition) is 2. The predicted molar refractivity (Wildman–Crippen MR) is 74.2 cm³/mol. The van der Waals surface area contributed by atoms with Crippen LogP contribution in [-0.2, 0) is 0 Å². The van der Waals surface area contributed by atoms with Crippen LogP contribution in [0.25, 0.3) is 0 Å². The largest absolute Gasteiger partial charge is 0.317 e. The van der Waals surface area contributed by atoms with Crippen molar-refractivity contribution in [2.45, 2.75) is 51.5 Å². The summed E-state index contributed by atoms with van der Waals surface area (Å²) in [5.74, 6) is 0.929. The highest BCUT2D eigenvalue weighted by molar-refractivity contribution is 4.99. The Balaban J connectivity index is 1.86. The average molecular weight is 236 g/mol. The summed E-state index contributed by atoms with van der Waals surface area (Å²) in [6.45, 7) is 7.36. The number of allylic oxidation sites excluding steroid dienone is 1. The van der Waals surface area contributed by atoms with E-state index in [0.29, 0.717) is 0 Å². The molecule has 1 unspecified atom stereocenters. The summed E-state index contributed by atoms with van der Waals surface area (Å²) in [5.41, 5.74) is 0. The van der Waals surface area contributed by atoms with Gasteiger partial charge in [0.15, 0.2) is 0 Å². The van der Waals surface area contributed by atoms with E-state index < -0.39 is 0 Å². The molecule has 2 nitrogen and oxygen atoms in total. The summed E-state index contributed by atoms with van der Waals surface area (Å²) in [6, 6.07) is 0.735. The number of nitrogens with zero attached hydrogens (tertiary/aromatic N) is 1. The summed E-state index contributed by atoms with van der Waals surface area (Å²) in [6.07, 6.45) is 12.9. The zero-order valence-corrected chi connectivity index (χ0v) is 11.3. The minimum Gasteiger partial charge on any atom is -0.317 e. The van der Waals surface area contributed by atoms with E-state index in [2.05, 4.69) is 29.3 Å². The molecule has 0 aromatic rings. The van der Waals surface area contributed by atoms with Crippen LogP contribution in [0.4, 0.5) is 0 Å². The quantitative estimate of drug-likeness (QED) is 0.738. The van der Waals surface area contributed by atoms with Gasteiger partial charge in [-0.05, 0) is 64.1 Å². The molecule has 17 heavy (non-hydrogen) atoms. The maximum atomic E-state index is 3.47. The number of piperidine rings is 1. The molecule has 1 heterocycles. The Morgan fingerprint density at radius 3 is 2.71 bits per heavy atom. The van der Waals surface area contributed by atoms with Crippen molar-refractivity contribution in [1.82, 2.24) is 10.2 Å². The van der Waals surface area contributed by atoms with Crippen molar-refractivity contribution >= 4 is 0 Å². The molecule has 1 saturated heterocycles. The molecule has 1 aliphatic carbocycles. The molecule has 2 aliphatic rings. The van der Waals surface area contributed by atoms with Gasteiger partial charge in [0.1, 0.15) is 0 Å². The van der Waals surface area contributed by atoms with Crippen molar-refractivity contribution in [3.63, 3.8) is 0 Å². The Hall–Kier alpha value is -0.340. The molecule has 0 bridgehead atoms. The first-order valence-corrected chi connectivity index (χ1v) is 7.51. The molecule has 1 fully saturated rings. The van der Waals surface area contributed by atoms with Gasteiger partial charge in [-0.1, -0.05) is 19.1 Å². The molecule has 1 aliphatic heterocycles. The standard InChI is InChI=1S/C15H28N2/c1-2-12-17(15-6-4-3-5-7-15)13-14-8-10-16-11-9-14/h4,6,14-16H,2-3,5,7-13H2,1H3. The van der Waals surface area contributed by atoms with E-state index in [1.54, 1.807) is 0 Å². The Labute approximate surface area is 106 Å². The molecule has 0 saturated carbocycles. The fourth-order valence-corrected chi connectivity index (χ4v) is 3.17. The Morgan fingerprint density at radius 2 is 2.06 bits per heavy atom. The predicted octanol–water partition coefficient (Wildman–Crippen LogP) is 2.81. The van der Waals surface area contributed by atoms with Crippen LogP contribution in [0.1, 0.15) is 45.4 Å². The summed E-state index contributed by atoms with van der Waals surface area (Å²) < 4.78 is 0. The highest BCUT2D eigenvalue weighted by Gasteiger charge is 2.21. The molecule has 0 aromatic carbocycles. The maximum Gasteiger partial charge on any atom is 0.0278 e. The van der Waals surface area contributed by atoms with E-state index in [0.717, 1.165) is 12.0 Å². The van der Waals surface area contributed by atoms with Crippen LogP contribution in [0.2, 0.25) is 0 Å². The van der Waals surface area contributed by atoms with Crippen molar-refractivity contribution < 1.29 is 0 Å². The van der Waals surface area contributed by atoms with Gasteiger partial charge in [0.25, 0.3) is 0 Å². The van der Waals surface area contributed by atoms with E-state index in [1.807, 2.05) is 0 Å². The topological polar surface area (TPSA) is 15.3 Å². The molecule has 0 amide bonds. The van der Waals surface area contributed by atoms with Crippen LogP contribution in [-0.4, -0.2) is 37.1 Å². The fraction of sp³-hybridized carbons (Fsp3) is 0.867. The minimum absolute atomic E-state index is 0.735. The molecule has 0 radical (unpaired) electrons. The molecule has 1 atom stereocenters. The monoisotopic (exact) mass is 236 g/mol. The lowest BCUT2D eigenvalue weighted by Gasteiger charge is -2.35. The number of nitrogens with one attached hydrogen (secondary N) is 1. The molecular formula is C15H28N2. The zero-order chi connectivity index (χ0) is 11.9. The highest BCUT2D eigenvalue weighted by Crippen LogP contribution is 2.21. The van der Waals surface area contributed by atoms with Crippen LogP contribution in [0.15, 0.2) is 12.2 Å². The lowest BCUT2D eigenvalue weighted by atomic mass is 9.95. The van der Waals surface area contributed by atoms with Crippen LogP contribution in [0, 0.1) is 5.92 Å². The van der Waals surface area contributed by atoms with Crippen molar-refractivity contribution in [3.05, 3.63) is 12.2 Å². The van der Waals surface area contributed by atoms with E-state index >= 15 is 0 Å². The second-order valence-electron chi connectivity index (χ2n) is 5.61. The van der Waals surface area contributed by atoms with Crippen LogP contribution < -0.4 is 5.32 Å². The van der Waals surface area contributed by atoms with Gasteiger partial charge in [-0.2, -0.15) is 0 Å². The van der Waals surface area contributed by atoms with Crippen molar-refractivity contribution in [3.8, 4) is 0 Å². The first kappa shape index (κ1) is 13.1. The zero-order valence-electron chi connectivity index (χ0n) is 11.3. The molecule has 0 spiro atoms. The smallest absolute Gasteiger partial charge is 0.0278 e. The fourth-order valence-electron chi connectivity index (χ4n) is 3.17. The Kier molecular flexibility index (Phi) is 5.53. The average Bonchev–Trinajstić information content (AvgIpc) is 2.40. The first-order chi connectivity index (χ1) is 8.40. The second-order valence-corrected chi connectivity index (χ2v) is 5.61. The molecular weight excluding hydrogens is 208 g/mol. The first-order valence-electron chi connectivity index (χ1n) is 7.51. The lowest BCUT2D eigenvalue weighted by Crippen LogP contribution is -2.41. The van der Waals surface area contributed by atoms with Gasteiger partial charge in [0, 0.05) is 12.6 Å². The maximum absolute atomic E-state index is 3.47. The normalized spacial score (nSPS) is 26.6. The third-order valence-corrected chi connectivity index (χ3v) is 4.16. The molecule has 1 N–H and O–H groups in total. The molecule has 2 rings (SSSR count). The van der Waals surface area contributed by atoms with Crippen molar-refractivity contribution in [1.29, 1.82) is 0 Å². The van der Waals surface area contributed by atoms with Gasteiger partial charge in [0.05, 0.1) is 0 Å². The molecule has 2 heteroatoms. The van der Waals surface area contributed by atoms with E-state index in [1.165, 1.54) is 64.7 Å². The highest BCUT2D eigenvalue weighted by atomic mass is 15.2. The van der Waals surface area contributed by atoms with Gasteiger partial charge in [-0.3, -0.25) is 4.90 Å². The van der Waals surface area contributed by atoms with Gasteiger partial charge in [-0.15, -0.1) is 0 Å². The van der Waals surface area contributed by atoms with Gasteiger partial charge in [-0.25, -0.2) is 0 Å².